The number of methoxy groups -OCH3 is 1. The van der Waals surface area contributed by atoms with Crippen LogP contribution in [0, 0.1) is 11.7 Å². The van der Waals surface area contributed by atoms with Gasteiger partial charge in [0.2, 0.25) is 0 Å². The molecule has 0 spiro atoms. The number of hydrogen-bond donors (Lipinski definition) is 1. The molecule has 0 amide bonds. The molecule has 2 aliphatic rings. The smallest absolute Gasteiger partial charge is 0.131 e. The lowest BCUT2D eigenvalue weighted by atomic mass is 9.81. The lowest BCUT2D eigenvalue weighted by Gasteiger charge is -2.29. The molecular weight excluding hydrogens is 245 g/mol. The normalized spacial score (nSPS) is 30.6. The van der Waals surface area contributed by atoms with E-state index in [9.17, 15) is 4.39 Å². The monoisotopic (exact) mass is 265 g/mol. The molecule has 3 rings (SSSR count). The van der Waals surface area contributed by atoms with Crippen LogP contribution in [-0.4, -0.2) is 26.4 Å². The predicted molar refractivity (Wildman–Crippen MR) is 70.8 cm³/mol. The maximum atomic E-state index is 14.2. The van der Waals surface area contributed by atoms with Crippen molar-refractivity contribution in [3.8, 4) is 5.75 Å². The number of nitrogens with one attached hydrogen (secondary N) is 1. The first-order chi connectivity index (χ1) is 9.22. The van der Waals surface area contributed by atoms with Gasteiger partial charge in [-0.3, -0.25) is 0 Å². The van der Waals surface area contributed by atoms with Crippen molar-refractivity contribution >= 4 is 0 Å². The number of fused-ring (bicyclic) bond motifs is 2. The SMILES string of the molecule is CNC(c1ccc(OC)cc1F)C1CC2CCC1O2. The Morgan fingerprint density at radius 1 is 1.42 bits per heavy atom. The first-order valence-corrected chi connectivity index (χ1v) is 6.89. The van der Waals surface area contributed by atoms with Crippen LogP contribution in [0.5, 0.6) is 5.75 Å². The molecule has 4 atom stereocenters. The summed E-state index contributed by atoms with van der Waals surface area (Å²) in [6, 6.07) is 5.10. The minimum absolute atomic E-state index is 0.0150. The van der Waals surface area contributed by atoms with E-state index in [-0.39, 0.29) is 18.0 Å². The van der Waals surface area contributed by atoms with Gasteiger partial charge < -0.3 is 14.8 Å². The standard InChI is InChI=1S/C15H20FNO2/c1-17-15(12-7-10-4-6-14(12)19-10)11-5-3-9(18-2)8-13(11)16/h3,5,8,10,12,14-15,17H,4,6-7H2,1-2H3. The maximum Gasteiger partial charge on any atom is 0.131 e. The van der Waals surface area contributed by atoms with Gasteiger partial charge >= 0.3 is 0 Å². The minimum Gasteiger partial charge on any atom is -0.497 e. The highest BCUT2D eigenvalue weighted by Gasteiger charge is 2.44. The zero-order valence-electron chi connectivity index (χ0n) is 11.4. The summed E-state index contributed by atoms with van der Waals surface area (Å²) in [4.78, 5) is 0. The van der Waals surface area contributed by atoms with Crippen LogP contribution in [0.15, 0.2) is 18.2 Å². The van der Waals surface area contributed by atoms with Crippen molar-refractivity contribution in [1.82, 2.24) is 5.32 Å². The van der Waals surface area contributed by atoms with E-state index in [0.29, 0.717) is 23.3 Å². The third-order valence-electron chi connectivity index (χ3n) is 4.43. The van der Waals surface area contributed by atoms with Crippen molar-refractivity contribution in [2.75, 3.05) is 14.2 Å². The number of hydrogen-bond acceptors (Lipinski definition) is 3. The van der Waals surface area contributed by atoms with Gasteiger partial charge in [0.15, 0.2) is 0 Å². The average molecular weight is 265 g/mol. The molecule has 4 unspecified atom stereocenters. The Morgan fingerprint density at radius 3 is 2.79 bits per heavy atom. The molecule has 104 valence electrons. The van der Waals surface area contributed by atoms with Gasteiger partial charge in [-0.25, -0.2) is 4.39 Å². The van der Waals surface area contributed by atoms with Crippen LogP contribution in [-0.2, 0) is 4.74 Å². The van der Waals surface area contributed by atoms with E-state index >= 15 is 0 Å². The van der Waals surface area contributed by atoms with Crippen LogP contribution < -0.4 is 10.1 Å². The highest BCUT2D eigenvalue weighted by atomic mass is 19.1. The summed E-state index contributed by atoms with van der Waals surface area (Å²) in [5, 5.41) is 3.26. The van der Waals surface area contributed by atoms with Crippen molar-refractivity contribution in [2.24, 2.45) is 5.92 Å². The van der Waals surface area contributed by atoms with Crippen LogP contribution >= 0.6 is 0 Å². The summed E-state index contributed by atoms with van der Waals surface area (Å²) in [6.07, 6.45) is 3.95. The van der Waals surface area contributed by atoms with Crippen molar-refractivity contribution in [3.05, 3.63) is 29.6 Å². The summed E-state index contributed by atoms with van der Waals surface area (Å²) < 4.78 is 25.1. The third-order valence-corrected chi connectivity index (χ3v) is 4.43. The van der Waals surface area contributed by atoms with Crippen LogP contribution in [0.3, 0.4) is 0 Å². The quantitative estimate of drug-likeness (QED) is 0.908. The average Bonchev–Trinajstić information content (AvgIpc) is 3.04. The fourth-order valence-corrected chi connectivity index (χ4v) is 3.52. The Hall–Kier alpha value is -1.13. The summed E-state index contributed by atoms with van der Waals surface area (Å²) in [6.45, 7) is 0. The van der Waals surface area contributed by atoms with Gasteiger partial charge in [0, 0.05) is 23.6 Å². The molecule has 0 saturated carbocycles. The lowest BCUT2D eigenvalue weighted by molar-refractivity contribution is 0.0860. The molecule has 1 aromatic rings. The molecule has 2 bridgehead atoms. The second kappa shape index (κ2) is 5.10. The molecule has 1 N–H and O–H groups in total. The van der Waals surface area contributed by atoms with Gasteiger partial charge in [-0.2, -0.15) is 0 Å². The summed E-state index contributed by atoms with van der Waals surface area (Å²) in [5.41, 5.74) is 0.712. The Morgan fingerprint density at radius 2 is 2.26 bits per heavy atom. The molecule has 3 nitrogen and oxygen atoms in total. The highest BCUT2D eigenvalue weighted by molar-refractivity contribution is 5.31. The first kappa shape index (κ1) is 12.9. The summed E-state index contributed by atoms with van der Waals surface area (Å²) in [5.74, 6) is 0.716. The van der Waals surface area contributed by atoms with Crippen LogP contribution in [0.2, 0.25) is 0 Å². The number of benzene rings is 1. The van der Waals surface area contributed by atoms with Crippen molar-refractivity contribution in [1.29, 1.82) is 0 Å². The van der Waals surface area contributed by atoms with Crippen LogP contribution in [0.1, 0.15) is 30.9 Å². The van der Waals surface area contributed by atoms with E-state index in [1.54, 1.807) is 7.11 Å². The van der Waals surface area contributed by atoms with Crippen LogP contribution in [0.4, 0.5) is 4.39 Å². The molecule has 19 heavy (non-hydrogen) atoms. The summed E-state index contributed by atoms with van der Waals surface area (Å²) in [7, 11) is 3.44. The number of ether oxygens (including phenoxy) is 2. The molecular formula is C15H20FNO2. The van der Waals surface area contributed by atoms with E-state index < -0.39 is 0 Å². The Bertz CT molecular complexity index is 465. The Labute approximate surface area is 113 Å². The van der Waals surface area contributed by atoms with Gasteiger partial charge in [-0.1, -0.05) is 6.07 Å². The molecule has 2 aliphatic heterocycles. The fourth-order valence-electron chi connectivity index (χ4n) is 3.52. The van der Waals surface area contributed by atoms with E-state index in [2.05, 4.69) is 5.32 Å². The number of rotatable bonds is 4. The first-order valence-electron chi connectivity index (χ1n) is 6.89. The molecule has 2 heterocycles. The Balaban J connectivity index is 1.86. The topological polar surface area (TPSA) is 30.5 Å². The molecule has 4 heteroatoms. The molecule has 0 aromatic heterocycles. The van der Waals surface area contributed by atoms with E-state index in [1.165, 1.54) is 6.07 Å². The van der Waals surface area contributed by atoms with Gasteiger partial charge in [0.1, 0.15) is 11.6 Å². The molecule has 1 aromatic carbocycles. The maximum absolute atomic E-state index is 14.2. The molecule has 2 saturated heterocycles. The largest absolute Gasteiger partial charge is 0.497 e. The van der Waals surface area contributed by atoms with Gasteiger partial charge in [0.05, 0.1) is 19.3 Å². The predicted octanol–water partition coefficient (Wildman–Crippen LogP) is 2.66. The lowest BCUT2D eigenvalue weighted by Crippen LogP contribution is -2.32. The highest BCUT2D eigenvalue weighted by Crippen LogP contribution is 2.45. The molecule has 2 fully saturated rings. The molecule has 0 radical (unpaired) electrons. The van der Waals surface area contributed by atoms with Crippen molar-refractivity contribution in [2.45, 2.75) is 37.5 Å². The second-order valence-corrected chi connectivity index (χ2v) is 5.43. The second-order valence-electron chi connectivity index (χ2n) is 5.43. The van der Waals surface area contributed by atoms with E-state index in [0.717, 1.165) is 19.3 Å². The molecule has 0 aliphatic carbocycles. The van der Waals surface area contributed by atoms with Crippen molar-refractivity contribution in [3.63, 3.8) is 0 Å². The minimum atomic E-state index is -0.207. The fraction of sp³-hybridized carbons (Fsp3) is 0.600. The zero-order chi connectivity index (χ0) is 13.4. The summed E-state index contributed by atoms with van der Waals surface area (Å²) >= 11 is 0. The van der Waals surface area contributed by atoms with Crippen LogP contribution in [0.25, 0.3) is 0 Å². The van der Waals surface area contributed by atoms with E-state index in [1.807, 2.05) is 19.2 Å². The zero-order valence-corrected chi connectivity index (χ0v) is 11.4. The van der Waals surface area contributed by atoms with Crippen molar-refractivity contribution < 1.29 is 13.9 Å². The third kappa shape index (κ3) is 2.23. The van der Waals surface area contributed by atoms with Gasteiger partial charge in [-0.15, -0.1) is 0 Å². The number of halogens is 1. The van der Waals surface area contributed by atoms with Gasteiger partial charge in [0.25, 0.3) is 0 Å². The van der Waals surface area contributed by atoms with Gasteiger partial charge in [-0.05, 0) is 32.4 Å². The van der Waals surface area contributed by atoms with E-state index in [4.69, 9.17) is 9.47 Å². The Kier molecular flexibility index (Phi) is 3.46.